The van der Waals surface area contributed by atoms with Crippen LogP contribution in [0.3, 0.4) is 0 Å². The Labute approximate surface area is 132 Å². The van der Waals surface area contributed by atoms with Crippen molar-refractivity contribution in [1.82, 2.24) is 0 Å². The fraction of sp³-hybridized carbons (Fsp3) is 0.600. The lowest BCUT2D eigenvalue weighted by Crippen LogP contribution is -2.46. The maximum Gasteiger partial charge on any atom is 0.150 e. The van der Waals surface area contributed by atoms with E-state index in [2.05, 4.69) is 5.32 Å². The number of hydrogen-bond acceptors (Lipinski definition) is 3. The second-order valence-electron chi connectivity index (χ2n) is 5.72. The van der Waals surface area contributed by atoms with Crippen LogP contribution in [-0.2, 0) is 4.74 Å². The summed E-state index contributed by atoms with van der Waals surface area (Å²) in [6, 6.07) is 2.11. The maximum atomic E-state index is 13.9. The van der Waals surface area contributed by atoms with E-state index in [0.29, 0.717) is 6.61 Å². The first kappa shape index (κ1) is 15.4. The first-order chi connectivity index (χ1) is 10.1. The summed E-state index contributed by atoms with van der Waals surface area (Å²) in [5, 5.41) is 3.25. The third kappa shape index (κ3) is 3.46. The van der Waals surface area contributed by atoms with Crippen molar-refractivity contribution in [1.29, 1.82) is 0 Å². The number of nitrogens with one attached hydrogen (secondary N) is 1. The molecule has 0 aromatic heterocycles. The van der Waals surface area contributed by atoms with Crippen molar-refractivity contribution in [2.24, 2.45) is 0 Å². The van der Waals surface area contributed by atoms with E-state index in [1.807, 2.05) is 11.8 Å². The number of ether oxygens (including phenoxy) is 1. The van der Waals surface area contributed by atoms with Crippen molar-refractivity contribution in [3.05, 3.63) is 28.8 Å². The molecule has 1 aromatic rings. The van der Waals surface area contributed by atoms with Crippen molar-refractivity contribution in [3.8, 4) is 0 Å². The van der Waals surface area contributed by atoms with Gasteiger partial charge in [-0.2, -0.15) is 11.8 Å². The van der Waals surface area contributed by atoms with Crippen LogP contribution in [0.5, 0.6) is 0 Å². The fourth-order valence-corrected chi connectivity index (χ4v) is 4.61. The van der Waals surface area contributed by atoms with Gasteiger partial charge in [0.1, 0.15) is 5.82 Å². The Morgan fingerprint density at radius 2 is 2.05 bits per heavy atom. The number of thioether (sulfide) groups is 1. The van der Waals surface area contributed by atoms with E-state index in [1.54, 1.807) is 0 Å². The Balaban J connectivity index is 1.73. The fourth-order valence-electron chi connectivity index (χ4n) is 3.13. The van der Waals surface area contributed by atoms with Crippen LogP contribution >= 0.6 is 23.4 Å². The first-order valence-corrected chi connectivity index (χ1v) is 8.74. The zero-order valence-corrected chi connectivity index (χ0v) is 13.2. The predicted octanol–water partition coefficient (Wildman–Crippen LogP) is 4.47. The molecular weight excluding hydrogens is 316 g/mol. The quantitative estimate of drug-likeness (QED) is 0.862. The van der Waals surface area contributed by atoms with Gasteiger partial charge in [-0.15, -0.1) is 0 Å². The van der Waals surface area contributed by atoms with E-state index < -0.39 is 11.6 Å². The molecule has 21 heavy (non-hydrogen) atoms. The smallest absolute Gasteiger partial charge is 0.150 e. The highest BCUT2D eigenvalue weighted by Crippen LogP contribution is 2.39. The predicted molar refractivity (Wildman–Crippen MR) is 83.3 cm³/mol. The van der Waals surface area contributed by atoms with Crippen molar-refractivity contribution < 1.29 is 13.5 Å². The highest BCUT2D eigenvalue weighted by atomic mass is 35.5. The van der Waals surface area contributed by atoms with Crippen LogP contribution in [0, 0.1) is 11.6 Å². The van der Waals surface area contributed by atoms with E-state index in [-0.39, 0.29) is 22.4 Å². The summed E-state index contributed by atoms with van der Waals surface area (Å²) in [5.74, 6) is 0.923. The number of anilines is 1. The van der Waals surface area contributed by atoms with Gasteiger partial charge in [-0.25, -0.2) is 8.78 Å². The van der Waals surface area contributed by atoms with Crippen LogP contribution in [0.15, 0.2) is 12.1 Å². The molecule has 0 radical (unpaired) electrons. The summed E-state index contributed by atoms with van der Waals surface area (Å²) in [6.07, 6.45) is 3.73. The maximum absolute atomic E-state index is 13.9. The van der Waals surface area contributed by atoms with Gasteiger partial charge in [0.2, 0.25) is 0 Å². The highest BCUT2D eigenvalue weighted by Gasteiger charge is 2.39. The topological polar surface area (TPSA) is 21.3 Å². The summed E-state index contributed by atoms with van der Waals surface area (Å²) < 4.78 is 33.0. The van der Waals surface area contributed by atoms with E-state index >= 15 is 0 Å². The number of benzene rings is 1. The zero-order chi connectivity index (χ0) is 14.9. The second-order valence-corrected chi connectivity index (χ2v) is 7.35. The molecule has 6 heteroatoms. The first-order valence-electron chi connectivity index (χ1n) is 7.21. The number of halogens is 3. The molecule has 2 fully saturated rings. The lowest BCUT2D eigenvalue weighted by atomic mass is 9.85. The third-order valence-electron chi connectivity index (χ3n) is 4.25. The van der Waals surface area contributed by atoms with Crippen LogP contribution in [0.1, 0.15) is 25.7 Å². The summed E-state index contributed by atoms with van der Waals surface area (Å²) in [5.41, 5.74) is 0.120. The molecule has 2 heterocycles. The summed E-state index contributed by atoms with van der Waals surface area (Å²) in [7, 11) is 0. The van der Waals surface area contributed by atoms with Gasteiger partial charge >= 0.3 is 0 Å². The van der Waals surface area contributed by atoms with Crippen LogP contribution in [0.25, 0.3) is 0 Å². The van der Waals surface area contributed by atoms with Gasteiger partial charge in [-0.1, -0.05) is 11.6 Å². The molecule has 2 nitrogen and oxygen atoms in total. The molecular formula is C15H18ClF2NOS. The minimum atomic E-state index is -0.657. The van der Waals surface area contributed by atoms with Gasteiger partial charge in [0.25, 0.3) is 0 Å². The van der Waals surface area contributed by atoms with Crippen LogP contribution in [0.2, 0.25) is 5.02 Å². The lowest BCUT2D eigenvalue weighted by molar-refractivity contribution is -0.0865. The number of hydrogen-bond donors (Lipinski definition) is 1. The largest absolute Gasteiger partial charge is 0.379 e. The SMILES string of the molecule is Fc1cc(F)c(NC2CCOC3(CCSCC3)C2)c(Cl)c1. The number of rotatable bonds is 2. The van der Waals surface area contributed by atoms with Gasteiger partial charge in [0, 0.05) is 18.7 Å². The molecule has 1 N–H and O–H groups in total. The molecule has 0 bridgehead atoms. The Kier molecular flexibility index (Phi) is 4.62. The summed E-state index contributed by atoms with van der Waals surface area (Å²) in [6.45, 7) is 0.669. The van der Waals surface area contributed by atoms with Crippen molar-refractivity contribution >= 4 is 29.1 Å². The molecule has 0 saturated carbocycles. The standard InChI is InChI=1S/C15H18ClF2NOS/c16-12-7-10(17)8-13(18)14(12)19-11-1-4-20-15(9-11)2-5-21-6-3-15/h7-8,11,19H,1-6,9H2. The molecule has 0 amide bonds. The molecule has 1 aromatic carbocycles. The van der Waals surface area contributed by atoms with Gasteiger partial charge in [0.15, 0.2) is 5.82 Å². The molecule has 116 valence electrons. The molecule has 1 spiro atoms. The molecule has 1 atom stereocenters. The van der Waals surface area contributed by atoms with Crippen molar-refractivity contribution in [2.75, 3.05) is 23.4 Å². The molecule has 0 aliphatic carbocycles. The van der Waals surface area contributed by atoms with E-state index in [1.165, 1.54) is 0 Å². The van der Waals surface area contributed by atoms with Crippen LogP contribution in [-0.4, -0.2) is 29.8 Å². The Bertz CT molecular complexity index is 494. The Hall–Kier alpha value is -0.520. The minimum Gasteiger partial charge on any atom is -0.379 e. The van der Waals surface area contributed by atoms with Crippen LogP contribution in [0.4, 0.5) is 14.5 Å². The Morgan fingerprint density at radius 1 is 1.29 bits per heavy atom. The third-order valence-corrected chi connectivity index (χ3v) is 5.54. The van der Waals surface area contributed by atoms with Gasteiger partial charge in [0.05, 0.1) is 16.3 Å². The lowest BCUT2D eigenvalue weighted by Gasteiger charge is -2.43. The molecule has 1 unspecified atom stereocenters. The summed E-state index contributed by atoms with van der Waals surface area (Å²) >= 11 is 7.91. The average Bonchev–Trinajstić information content (AvgIpc) is 2.44. The minimum absolute atomic E-state index is 0.0792. The summed E-state index contributed by atoms with van der Waals surface area (Å²) in [4.78, 5) is 0. The molecule has 2 aliphatic rings. The highest BCUT2D eigenvalue weighted by molar-refractivity contribution is 7.99. The van der Waals surface area contributed by atoms with Gasteiger partial charge < -0.3 is 10.1 Å². The van der Waals surface area contributed by atoms with Crippen molar-refractivity contribution in [2.45, 2.75) is 37.3 Å². The monoisotopic (exact) mass is 333 g/mol. The van der Waals surface area contributed by atoms with E-state index in [4.69, 9.17) is 16.3 Å². The zero-order valence-electron chi connectivity index (χ0n) is 11.6. The second kappa shape index (κ2) is 6.31. The van der Waals surface area contributed by atoms with Gasteiger partial charge in [-0.05, 0) is 43.3 Å². The van der Waals surface area contributed by atoms with E-state index in [9.17, 15) is 8.78 Å². The molecule has 2 aliphatic heterocycles. The Morgan fingerprint density at radius 3 is 2.76 bits per heavy atom. The van der Waals surface area contributed by atoms with Crippen LogP contribution < -0.4 is 5.32 Å². The molecule has 3 rings (SSSR count). The average molecular weight is 334 g/mol. The van der Waals surface area contributed by atoms with Crippen molar-refractivity contribution in [3.63, 3.8) is 0 Å². The van der Waals surface area contributed by atoms with Gasteiger partial charge in [-0.3, -0.25) is 0 Å². The molecule has 2 saturated heterocycles. The van der Waals surface area contributed by atoms with E-state index in [0.717, 1.165) is 49.3 Å². The normalized spacial score (nSPS) is 25.0.